The van der Waals surface area contributed by atoms with Gasteiger partial charge in [0.25, 0.3) is 0 Å². The second-order valence-corrected chi connectivity index (χ2v) is 2.64. The van der Waals surface area contributed by atoms with Gasteiger partial charge in [-0.1, -0.05) is 6.58 Å². The van der Waals surface area contributed by atoms with E-state index in [0.717, 1.165) is 5.57 Å². The van der Waals surface area contributed by atoms with Crippen LogP contribution in [0.4, 0.5) is 0 Å². The van der Waals surface area contributed by atoms with Crippen molar-refractivity contribution >= 4 is 11.6 Å². The van der Waals surface area contributed by atoms with Gasteiger partial charge in [-0.05, 0) is 5.57 Å². The van der Waals surface area contributed by atoms with Gasteiger partial charge in [-0.2, -0.15) is 5.26 Å². The Bertz CT molecular complexity index is 321. The molecular weight excluding hydrogens is 174 g/mol. The Kier molecular flexibility index (Phi) is 2.89. The SMILES string of the molecule is C=C(CCl)Cn1ccnc1C#N. The number of allylic oxidation sites excluding steroid dienone is 1. The van der Waals surface area contributed by atoms with Gasteiger partial charge in [0.1, 0.15) is 6.07 Å². The third kappa shape index (κ3) is 1.86. The molecular formula is C8H8ClN3. The summed E-state index contributed by atoms with van der Waals surface area (Å²) in [6.45, 7) is 4.30. The highest BCUT2D eigenvalue weighted by molar-refractivity contribution is 6.19. The predicted octanol–water partition coefficient (Wildman–Crippen LogP) is 1.55. The van der Waals surface area contributed by atoms with Crippen molar-refractivity contribution in [3.8, 4) is 6.07 Å². The van der Waals surface area contributed by atoms with Crippen LogP contribution >= 0.6 is 11.6 Å². The van der Waals surface area contributed by atoms with Gasteiger partial charge < -0.3 is 4.57 Å². The second-order valence-electron chi connectivity index (χ2n) is 2.37. The Labute approximate surface area is 75.9 Å². The Balaban J connectivity index is 2.76. The van der Waals surface area contributed by atoms with Crippen LogP contribution in [0.2, 0.25) is 0 Å². The molecule has 3 nitrogen and oxygen atoms in total. The van der Waals surface area contributed by atoms with Gasteiger partial charge in [-0.15, -0.1) is 11.6 Å². The number of nitriles is 1. The fourth-order valence-electron chi connectivity index (χ4n) is 0.833. The highest BCUT2D eigenvalue weighted by Gasteiger charge is 2.01. The minimum Gasteiger partial charge on any atom is -0.319 e. The van der Waals surface area contributed by atoms with Crippen LogP contribution < -0.4 is 0 Å². The van der Waals surface area contributed by atoms with E-state index in [1.165, 1.54) is 0 Å². The Morgan fingerprint density at radius 1 is 1.83 bits per heavy atom. The number of alkyl halides is 1. The molecule has 1 rings (SSSR count). The van der Waals surface area contributed by atoms with E-state index in [-0.39, 0.29) is 0 Å². The van der Waals surface area contributed by atoms with Gasteiger partial charge >= 0.3 is 0 Å². The van der Waals surface area contributed by atoms with Gasteiger partial charge in [0.2, 0.25) is 5.82 Å². The van der Waals surface area contributed by atoms with Gasteiger partial charge in [0, 0.05) is 24.8 Å². The summed E-state index contributed by atoms with van der Waals surface area (Å²) in [5.74, 6) is 0.796. The van der Waals surface area contributed by atoms with Crippen LogP contribution in [0.3, 0.4) is 0 Å². The summed E-state index contributed by atoms with van der Waals surface area (Å²) >= 11 is 5.55. The highest BCUT2D eigenvalue weighted by atomic mass is 35.5. The standard InChI is InChI=1S/C8H8ClN3/c1-7(4-9)6-12-3-2-11-8(12)5-10/h2-3H,1,4,6H2. The second kappa shape index (κ2) is 3.93. The van der Waals surface area contributed by atoms with Crippen LogP contribution in [-0.4, -0.2) is 15.4 Å². The molecule has 1 aromatic heterocycles. The molecule has 4 heteroatoms. The molecule has 0 saturated carbocycles. The molecule has 0 amide bonds. The first kappa shape index (κ1) is 8.82. The number of aromatic nitrogens is 2. The Hall–Kier alpha value is -1.27. The summed E-state index contributed by atoms with van der Waals surface area (Å²) in [5, 5.41) is 8.60. The van der Waals surface area contributed by atoms with Crippen molar-refractivity contribution in [2.24, 2.45) is 0 Å². The lowest BCUT2D eigenvalue weighted by molar-refractivity contribution is 0.772. The number of hydrogen-bond donors (Lipinski definition) is 0. The molecule has 0 aliphatic carbocycles. The lowest BCUT2D eigenvalue weighted by Crippen LogP contribution is -2.02. The van der Waals surface area contributed by atoms with Crippen LogP contribution in [-0.2, 0) is 6.54 Å². The van der Waals surface area contributed by atoms with Gasteiger partial charge in [-0.3, -0.25) is 0 Å². The van der Waals surface area contributed by atoms with Crippen LogP contribution in [0.15, 0.2) is 24.5 Å². The lowest BCUT2D eigenvalue weighted by atomic mass is 10.3. The lowest BCUT2D eigenvalue weighted by Gasteiger charge is -2.02. The van der Waals surface area contributed by atoms with E-state index in [9.17, 15) is 0 Å². The van der Waals surface area contributed by atoms with Crippen LogP contribution in [0.1, 0.15) is 5.82 Å². The molecule has 0 aliphatic heterocycles. The van der Waals surface area contributed by atoms with Crippen LogP contribution in [0, 0.1) is 11.3 Å². The fraction of sp³-hybridized carbons (Fsp3) is 0.250. The third-order valence-corrected chi connectivity index (χ3v) is 1.78. The summed E-state index contributed by atoms with van der Waals surface area (Å²) in [7, 11) is 0. The minimum absolute atomic E-state index is 0.390. The monoisotopic (exact) mass is 181 g/mol. The van der Waals surface area contributed by atoms with E-state index in [1.807, 2.05) is 6.07 Å². The van der Waals surface area contributed by atoms with Crippen molar-refractivity contribution < 1.29 is 0 Å². The maximum absolute atomic E-state index is 8.60. The minimum atomic E-state index is 0.390. The van der Waals surface area contributed by atoms with Crippen molar-refractivity contribution in [2.75, 3.05) is 5.88 Å². The molecule has 0 spiro atoms. The quantitative estimate of drug-likeness (QED) is 0.525. The first-order valence-electron chi connectivity index (χ1n) is 3.41. The van der Waals surface area contributed by atoms with E-state index in [4.69, 9.17) is 16.9 Å². The zero-order valence-corrected chi connectivity index (χ0v) is 7.25. The van der Waals surface area contributed by atoms with Gasteiger partial charge in [-0.25, -0.2) is 4.98 Å². The number of imidazole rings is 1. The maximum atomic E-state index is 8.60. The molecule has 1 heterocycles. The Morgan fingerprint density at radius 2 is 2.58 bits per heavy atom. The van der Waals surface area contributed by atoms with Gasteiger partial charge in [0.15, 0.2) is 0 Å². The van der Waals surface area contributed by atoms with E-state index < -0.39 is 0 Å². The molecule has 0 aromatic carbocycles. The number of halogens is 1. The van der Waals surface area contributed by atoms with Crippen molar-refractivity contribution in [3.63, 3.8) is 0 Å². The third-order valence-electron chi connectivity index (χ3n) is 1.40. The number of hydrogen-bond acceptors (Lipinski definition) is 2. The Morgan fingerprint density at radius 3 is 3.17 bits per heavy atom. The molecule has 0 fully saturated rings. The van der Waals surface area contributed by atoms with Crippen molar-refractivity contribution in [1.82, 2.24) is 9.55 Å². The molecule has 0 atom stereocenters. The average molecular weight is 182 g/mol. The maximum Gasteiger partial charge on any atom is 0.213 e. The largest absolute Gasteiger partial charge is 0.319 e. The summed E-state index contributed by atoms with van der Waals surface area (Å²) in [6.07, 6.45) is 3.32. The van der Waals surface area contributed by atoms with E-state index in [2.05, 4.69) is 11.6 Å². The molecule has 0 aliphatic rings. The highest BCUT2D eigenvalue weighted by Crippen LogP contribution is 2.02. The molecule has 0 bridgehead atoms. The molecule has 0 unspecified atom stereocenters. The topological polar surface area (TPSA) is 41.6 Å². The summed E-state index contributed by atoms with van der Waals surface area (Å²) in [4.78, 5) is 3.84. The van der Waals surface area contributed by atoms with Crippen molar-refractivity contribution in [3.05, 3.63) is 30.4 Å². The van der Waals surface area contributed by atoms with Crippen molar-refractivity contribution in [1.29, 1.82) is 5.26 Å². The first-order valence-corrected chi connectivity index (χ1v) is 3.95. The molecule has 1 aromatic rings. The normalized spacial score (nSPS) is 9.33. The molecule has 0 radical (unpaired) electrons. The van der Waals surface area contributed by atoms with E-state index in [1.54, 1.807) is 17.0 Å². The summed E-state index contributed by atoms with van der Waals surface area (Å²) in [6, 6.07) is 1.97. The van der Waals surface area contributed by atoms with E-state index in [0.29, 0.717) is 18.2 Å². The summed E-state index contributed by atoms with van der Waals surface area (Å²) < 4.78 is 1.71. The zero-order chi connectivity index (χ0) is 8.97. The first-order chi connectivity index (χ1) is 5.77. The smallest absolute Gasteiger partial charge is 0.213 e. The molecule has 0 N–H and O–H groups in total. The van der Waals surface area contributed by atoms with E-state index >= 15 is 0 Å². The fourth-order valence-corrected chi connectivity index (χ4v) is 0.918. The van der Waals surface area contributed by atoms with Crippen LogP contribution in [0.5, 0.6) is 0 Å². The zero-order valence-electron chi connectivity index (χ0n) is 6.50. The number of rotatable bonds is 3. The molecule has 62 valence electrons. The van der Waals surface area contributed by atoms with Gasteiger partial charge in [0.05, 0.1) is 0 Å². The average Bonchev–Trinajstić information content (AvgIpc) is 2.51. The molecule has 0 saturated heterocycles. The van der Waals surface area contributed by atoms with Crippen LogP contribution in [0.25, 0.3) is 0 Å². The van der Waals surface area contributed by atoms with Crippen molar-refractivity contribution in [2.45, 2.75) is 6.54 Å². The number of nitrogens with zero attached hydrogens (tertiary/aromatic N) is 3. The summed E-state index contributed by atoms with van der Waals surface area (Å²) in [5.41, 5.74) is 0.867. The molecule has 12 heavy (non-hydrogen) atoms. The predicted molar refractivity (Wildman–Crippen MR) is 46.8 cm³/mol.